The lowest BCUT2D eigenvalue weighted by Gasteiger charge is -2.12. The van der Waals surface area contributed by atoms with Gasteiger partial charge in [-0.05, 0) is 18.6 Å². The highest BCUT2D eigenvalue weighted by atomic mass is 32.2. The third-order valence-corrected chi connectivity index (χ3v) is 5.93. The zero-order valence-electron chi connectivity index (χ0n) is 9.15. The standard InChI is InChI=1S/C9H16N2O2S2/c1-4-11(3)15(12,13)9-5-7(2)8(6-10)14-9/h5H,4,6,10H2,1-3H3. The average molecular weight is 248 g/mol. The van der Waals surface area contributed by atoms with E-state index in [9.17, 15) is 8.42 Å². The molecule has 0 fully saturated rings. The summed E-state index contributed by atoms with van der Waals surface area (Å²) in [5.41, 5.74) is 6.47. The van der Waals surface area contributed by atoms with Gasteiger partial charge in [-0.15, -0.1) is 11.3 Å². The van der Waals surface area contributed by atoms with E-state index in [1.165, 1.54) is 15.6 Å². The second kappa shape index (κ2) is 4.61. The minimum atomic E-state index is -3.30. The van der Waals surface area contributed by atoms with Gasteiger partial charge >= 0.3 is 0 Å². The van der Waals surface area contributed by atoms with Crippen LogP contribution in [0.1, 0.15) is 17.4 Å². The number of hydrogen-bond donors (Lipinski definition) is 1. The number of aryl methyl sites for hydroxylation is 1. The van der Waals surface area contributed by atoms with Crippen LogP contribution in [0.2, 0.25) is 0 Å². The maximum atomic E-state index is 11.9. The minimum absolute atomic E-state index is 0.379. The first kappa shape index (κ1) is 12.6. The molecule has 0 aliphatic heterocycles. The van der Waals surface area contributed by atoms with Crippen LogP contribution in [-0.2, 0) is 16.6 Å². The molecule has 0 radical (unpaired) electrons. The normalized spacial score (nSPS) is 12.3. The summed E-state index contributed by atoms with van der Waals surface area (Å²) in [6.07, 6.45) is 0. The number of hydrogen-bond acceptors (Lipinski definition) is 4. The average Bonchev–Trinajstić information content (AvgIpc) is 2.58. The Morgan fingerprint density at radius 2 is 2.13 bits per heavy atom. The number of nitrogens with two attached hydrogens (primary N) is 1. The predicted octanol–water partition coefficient (Wildman–Crippen LogP) is 1.16. The Morgan fingerprint density at radius 3 is 2.53 bits per heavy atom. The lowest BCUT2D eigenvalue weighted by Crippen LogP contribution is -2.25. The highest BCUT2D eigenvalue weighted by molar-refractivity contribution is 7.91. The molecule has 2 N–H and O–H groups in total. The highest BCUT2D eigenvalue weighted by Crippen LogP contribution is 2.27. The maximum Gasteiger partial charge on any atom is 0.252 e. The summed E-state index contributed by atoms with van der Waals surface area (Å²) >= 11 is 1.26. The van der Waals surface area contributed by atoms with Gasteiger partial charge in [-0.25, -0.2) is 12.7 Å². The molecule has 0 aliphatic rings. The van der Waals surface area contributed by atoms with E-state index in [0.29, 0.717) is 17.3 Å². The molecule has 1 aromatic rings. The van der Waals surface area contributed by atoms with Gasteiger partial charge in [0.05, 0.1) is 0 Å². The molecule has 0 aromatic carbocycles. The van der Waals surface area contributed by atoms with E-state index >= 15 is 0 Å². The van der Waals surface area contributed by atoms with Crippen LogP contribution in [0.5, 0.6) is 0 Å². The highest BCUT2D eigenvalue weighted by Gasteiger charge is 2.22. The topological polar surface area (TPSA) is 63.4 Å². The molecule has 86 valence electrons. The van der Waals surface area contributed by atoms with E-state index in [-0.39, 0.29) is 0 Å². The summed E-state index contributed by atoms with van der Waals surface area (Å²) in [6.45, 7) is 4.55. The van der Waals surface area contributed by atoms with Crippen molar-refractivity contribution in [2.45, 2.75) is 24.6 Å². The minimum Gasteiger partial charge on any atom is -0.326 e. The van der Waals surface area contributed by atoms with Crippen LogP contribution < -0.4 is 5.73 Å². The molecule has 0 saturated carbocycles. The summed E-state index contributed by atoms with van der Waals surface area (Å²) in [4.78, 5) is 0.929. The van der Waals surface area contributed by atoms with Crippen LogP contribution >= 0.6 is 11.3 Å². The third kappa shape index (κ3) is 2.39. The Bertz CT molecular complexity index is 437. The Kier molecular flexibility index (Phi) is 3.88. The molecule has 1 aromatic heterocycles. The van der Waals surface area contributed by atoms with Crippen molar-refractivity contribution in [2.24, 2.45) is 5.73 Å². The molecular formula is C9H16N2O2S2. The van der Waals surface area contributed by atoms with Crippen molar-refractivity contribution >= 4 is 21.4 Å². The van der Waals surface area contributed by atoms with Crippen LogP contribution in [-0.4, -0.2) is 26.3 Å². The number of rotatable bonds is 4. The first-order chi connectivity index (χ1) is 6.93. The molecule has 1 heterocycles. The van der Waals surface area contributed by atoms with Crippen molar-refractivity contribution in [3.05, 3.63) is 16.5 Å². The summed E-state index contributed by atoms with van der Waals surface area (Å²) in [6, 6.07) is 1.69. The SMILES string of the molecule is CCN(C)S(=O)(=O)c1cc(C)c(CN)s1. The number of nitrogens with zero attached hydrogens (tertiary/aromatic N) is 1. The van der Waals surface area contributed by atoms with Gasteiger partial charge in [-0.2, -0.15) is 0 Å². The van der Waals surface area contributed by atoms with E-state index in [2.05, 4.69) is 0 Å². The molecule has 0 aliphatic carbocycles. The van der Waals surface area contributed by atoms with E-state index in [0.717, 1.165) is 10.4 Å². The third-order valence-electron chi connectivity index (χ3n) is 2.29. The summed E-state index contributed by atoms with van der Waals surface area (Å²) < 4.78 is 25.6. The Hall–Kier alpha value is -0.430. The van der Waals surface area contributed by atoms with Crippen molar-refractivity contribution < 1.29 is 8.42 Å². The largest absolute Gasteiger partial charge is 0.326 e. The van der Waals surface area contributed by atoms with Gasteiger partial charge < -0.3 is 5.73 Å². The smallest absolute Gasteiger partial charge is 0.252 e. The van der Waals surface area contributed by atoms with Crippen LogP contribution in [0.15, 0.2) is 10.3 Å². The summed E-state index contributed by atoms with van der Waals surface area (Å²) in [5, 5.41) is 0. The monoisotopic (exact) mass is 248 g/mol. The Labute approximate surface area is 94.8 Å². The van der Waals surface area contributed by atoms with Gasteiger partial charge in [0.2, 0.25) is 0 Å². The lowest BCUT2D eigenvalue weighted by atomic mass is 10.3. The van der Waals surface area contributed by atoms with Crippen molar-refractivity contribution in [3.8, 4) is 0 Å². The van der Waals surface area contributed by atoms with E-state index in [4.69, 9.17) is 5.73 Å². The fourth-order valence-electron chi connectivity index (χ4n) is 1.14. The Balaban J connectivity index is 3.17. The van der Waals surface area contributed by atoms with Gasteiger partial charge in [0.1, 0.15) is 4.21 Å². The second-order valence-electron chi connectivity index (χ2n) is 3.29. The van der Waals surface area contributed by atoms with E-state index < -0.39 is 10.0 Å². The number of thiophene rings is 1. The second-order valence-corrected chi connectivity index (χ2v) is 6.70. The molecule has 0 atom stereocenters. The van der Waals surface area contributed by atoms with Crippen LogP contribution in [0, 0.1) is 6.92 Å². The van der Waals surface area contributed by atoms with Crippen LogP contribution in [0.25, 0.3) is 0 Å². The molecular weight excluding hydrogens is 232 g/mol. The van der Waals surface area contributed by atoms with Gasteiger partial charge in [0.15, 0.2) is 0 Å². The van der Waals surface area contributed by atoms with Crippen molar-refractivity contribution in [2.75, 3.05) is 13.6 Å². The zero-order valence-corrected chi connectivity index (χ0v) is 10.8. The van der Waals surface area contributed by atoms with Gasteiger partial charge in [0, 0.05) is 25.0 Å². The first-order valence-electron chi connectivity index (χ1n) is 4.69. The molecule has 0 unspecified atom stereocenters. The van der Waals surface area contributed by atoms with Gasteiger partial charge in [0.25, 0.3) is 10.0 Å². The zero-order chi connectivity index (χ0) is 11.6. The molecule has 6 heteroatoms. The molecule has 15 heavy (non-hydrogen) atoms. The fraction of sp³-hybridized carbons (Fsp3) is 0.556. The number of sulfonamides is 1. The molecule has 0 saturated heterocycles. The summed E-state index contributed by atoms with van der Waals surface area (Å²) in [5.74, 6) is 0. The van der Waals surface area contributed by atoms with Gasteiger partial charge in [-0.1, -0.05) is 6.92 Å². The van der Waals surface area contributed by atoms with Crippen molar-refractivity contribution in [1.29, 1.82) is 0 Å². The molecule has 4 nitrogen and oxygen atoms in total. The first-order valence-corrected chi connectivity index (χ1v) is 6.94. The Morgan fingerprint density at radius 1 is 1.53 bits per heavy atom. The van der Waals surface area contributed by atoms with Crippen molar-refractivity contribution in [1.82, 2.24) is 4.31 Å². The molecule has 0 bridgehead atoms. The maximum absolute atomic E-state index is 11.9. The molecule has 1 rings (SSSR count). The molecule has 0 amide bonds. The van der Waals surface area contributed by atoms with E-state index in [1.807, 2.05) is 13.8 Å². The van der Waals surface area contributed by atoms with E-state index in [1.54, 1.807) is 13.1 Å². The molecule has 0 spiro atoms. The van der Waals surface area contributed by atoms with Crippen molar-refractivity contribution in [3.63, 3.8) is 0 Å². The quantitative estimate of drug-likeness (QED) is 0.869. The summed E-state index contributed by atoms with van der Waals surface area (Å²) in [7, 11) is -1.73. The van der Waals surface area contributed by atoms with Crippen LogP contribution in [0.4, 0.5) is 0 Å². The lowest BCUT2D eigenvalue weighted by molar-refractivity contribution is 0.488. The van der Waals surface area contributed by atoms with Crippen LogP contribution in [0.3, 0.4) is 0 Å². The fourth-order valence-corrected chi connectivity index (χ4v) is 4.00. The van der Waals surface area contributed by atoms with Gasteiger partial charge in [-0.3, -0.25) is 0 Å². The predicted molar refractivity (Wildman–Crippen MR) is 62.4 cm³/mol.